The van der Waals surface area contributed by atoms with E-state index >= 15 is 0 Å². The Balaban J connectivity index is 1.88. The Kier molecular flexibility index (Phi) is 4.97. The summed E-state index contributed by atoms with van der Waals surface area (Å²) in [6.07, 6.45) is 6.48. The van der Waals surface area contributed by atoms with E-state index < -0.39 is 0 Å². The van der Waals surface area contributed by atoms with E-state index in [1.54, 1.807) is 30.9 Å². The van der Waals surface area contributed by atoms with E-state index in [0.29, 0.717) is 77.9 Å². The molecule has 2 heterocycles. The van der Waals surface area contributed by atoms with E-state index in [4.69, 9.17) is 26.3 Å². The van der Waals surface area contributed by atoms with Crippen molar-refractivity contribution < 1.29 is 0 Å². The van der Waals surface area contributed by atoms with Crippen molar-refractivity contribution >= 4 is 16.7 Å². The average molecular weight is 531 g/mol. The molecule has 0 aliphatic heterocycles. The standard InChI is InChI=1S/C34H10N8/c1-37-23(13-35)25-17-7-5-6-8-18(17)27-31(25)29-20-10-12-42-16-22(20)30(34(39-3)40-4)33(29)28-19-9-11-41-15-21(19)26(32(27)28)24(14-36)38-2/h5-12,15-16H/b25-23-,26-24+. The molecule has 3 aliphatic rings. The lowest BCUT2D eigenvalue weighted by atomic mass is 9.83. The smallest absolute Gasteiger partial charge is 0.264 e. The van der Waals surface area contributed by atoms with Gasteiger partial charge in [-0.25, -0.2) is 20.2 Å². The Morgan fingerprint density at radius 3 is 1.43 bits per heavy atom. The van der Waals surface area contributed by atoms with Crippen LogP contribution in [0.5, 0.6) is 0 Å². The van der Waals surface area contributed by atoms with Crippen LogP contribution in [0.1, 0.15) is 33.4 Å². The quantitative estimate of drug-likeness (QED) is 0.151. The Bertz CT molecular complexity index is 2030. The summed E-state index contributed by atoms with van der Waals surface area (Å²) in [7, 11) is 0. The number of hydrogen-bond acceptors (Lipinski definition) is 4. The van der Waals surface area contributed by atoms with Crippen LogP contribution < -0.4 is 0 Å². The van der Waals surface area contributed by atoms with Crippen LogP contribution in [0.2, 0.25) is 0 Å². The van der Waals surface area contributed by atoms with Crippen LogP contribution in [0, 0.1) is 49.0 Å². The van der Waals surface area contributed by atoms with E-state index in [-0.39, 0.29) is 17.2 Å². The molecule has 0 unspecified atom stereocenters. The van der Waals surface area contributed by atoms with Crippen molar-refractivity contribution in [1.29, 1.82) is 10.5 Å². The maximum Gasteiger partial charge on any atom is 0.527 e. The van der Waals surface area contributed by atoms with Gasteiger partial charge in [0, 0.05) is 41.5 Å². The topological polar surface area (TPSA) is 90.8 Å². The van der Waals surface area contributed by atoms with Gasteiger partial charge < -0.3 is 0 Å². The van der Waals surface area contributed by atoms with Gasteiger partial charge in [0.25, 0.3) is 11.4 Å². The van der Waals surface area contributed by atoms with Gasteiger partial charge in [-0.1, -0.05) is 24.3 Å². The molecule has 0 radical (unpaired) electrons. The maximum absolute atomic E-state index is 10.1. The monoisotopic (exact) mass is 530 g/mol. The molecule has 8 heteroatoms. The Labute approximate surface area is 240 Å². The van der Waals surface area contributed by atoms with Crippen molar-refractivity contribution in [3.8, 4) is 45.5 Å². The molecule has 0 N–H and O–H groups in total. The summed E-state index contributed by atoms with van der Waals surface area (Å²) in [6, 6.07) is 15.2. The molecule has 0 saturated heterocycles. The van der Waals surface area contributed by atoms with Gasteiger partial charge in [-0.05, 0) is 73.3 Å². The van der Waals surface area contributed by atoms with Gasteiger partial charge in [0.1, 0.15) is 13.1 Å². The fourth-order valence-corrected chi connectivity index (χ4v) is 6.39. The lowest BCUT2D eigenvalue weighted by molar-refractivity contribution is 1.32. The fraction of sp³-hybridized carbons (Fsp3) is 0. The molecule has 4 aromatic rings. The third kappa shape index (κ3) is 2.77. The number of nitrogens with zero attached hydrogens (tertiary/aromatic N) is 8. The first-order chi connectivity index (χ1) is 20.6. The van der Waals surface area contributed by atoms with Crippen molar-refractivity contribution in [3.05, 3.63) is 157 Å². The molecule has 0 saturated carbocycles. The molecule has 0 atom stereocenters. The number of pyridine rings is 2. The maximum atomic E-state index is 10.1. The summed E-state index contributed by atoms with van der Waals surface area (Å²) in [5, 5.41) is 20.2. The number of allylic oxidation sites excluding steroid dienone is 2. The van der Waals surface area contributed by atoms with Gasteiger partial charge in [-0.15, -0.1) is 0 Å². The number of aromatic nitrogens is 2. The second kappa shape index (κ2) is 8.71. The van der Waals surface area contributed by atoms with Crippen molar-refractivity contribution in [2.45, 2.75) is 0 Å². The van der Waals surface area contributed by atoms with Crippen molar-refractivity contribution in [2.75, 3.05) is 0 Å². The Hall–Kier alpha value is -7.10. The number of hydrogen-bond donors (Lipinski definition) is 0. The molecule has 186 valence electrons. The van der Waals surface area contributed by atoms with Crippen molar-refractivity contribution in [2.24, 2.45) is 0 Å². The molecule has 0 fully saturated rings. The van der Waals surface area contributed by atoms with Crippen LogP contribution in [0.3, 0.4) is 0 Å². The lowest BCUT2D eigenvalue weighted by Crippen LogP contribution is -1.98. The van der Waals surface area contributed by atoms with Gasteiger partial charge in [0.15, 0.2) is 0 Å². The first-order valence-electron chi connectivity index (χ1n) is 12.4. The normalized spacial score (nSPS) is 14.6. The van der Waals surface area contributed by atoms with Crippen LogP contribution in [-0.2, 0) is 0 Å². The number of benzene rings is 2. The van der Waals surface area contributed by atoms with Crippen molar-refractivity contribution in [1.82, 2.24) is 9.97 Å². The largest absolute Gasteiger partial charge is 0.527 e. The van der Waals surface area contributed by atoms with Crippen LogP contribution in [0.4, 0.5) is 0 Å². The third-order valence-electron chi connectivity index (χ3n) is 7.78. The number of nitriles is 2. The second-order valence-corrected chi connectivity index (χ2v) is 9.45. The van der Waals surface area contributed by atoms with Gasteiger partial charge in [-0.2, -0.15) is 9.69 Å². The summed E-state index contributed by atoms with van der Waals surface area (Å²) in [5.41, 5.74) is 8.75. The van der Waals surface area contributed by atoms with Gasteiger partial charge in [0.05, 0.1) is 30.9 Å². The predicted octanol–water partition coefficient (Wildman–Crippen LogP) is 7.38. The summed E-state index contributed by atoms with van der Waals surface area (Å²) >= 11 is 0. The fourth-order valence-electron chi connectivity index (χ4n) is 6.39. The molecule has 0 bridgehead atoms. The highest BCUT2D eigenvalue weighted by Gasteiger charge is 2.45. The summed E-state index contributed by atoms with van der Waals surface area (Å²) in [5.74, 6) is -0.157. The second-order valence-electron chi connectivity index (χ2n) is 9.45. The van der Waals surface area contributed by atoms with Crippen LogP contribution in [0.15, 0.2) is 78.4 Å². The average Bonchev–Trinajstić information content (AvgIpc) is 3.66. The first-order valence-corrected chi connectivity index (χ1v) is 12.4. The zero-order chi connectivity index (χ0) is 29.1. The number of fused-ring (bicyclic) bond motifs is 12. The zero-order valence-corrected chi connectivity index (χ0v) is 21.4. The summed E-state index contributed by atoms with van der Waals surface area (Å²) < 4.78 is 0. The minimum absolute atomic E-state index is 0.111. The molecule has 3 aliphatic carbocycles. The lowest BCUT2D eigenvalue weighted by Gasteiger charge is -2.18. The highest BCUT2D eigenvalue weighted by Crippen LogP contribution is 2.64. The van der Waals surface area contributed by atoms with E-state index in [0.717, 1.165) is 5.56 Å². The van der Waals surface area contributed by atoms with E-state index in [1.807, 2.05) is 30.3 Å². The molecule has 0 spiro atoms. The van der Waals surface area contributed by atoms with E-state index in [2.05, 4.69) is 41.5 Å². The molecule has 42 heavy (non-hydrogen) atoms. The Morgan fingerprint density at radius 1 is 0.524 bits per heavy atom. The summed E-state index contributed by atoms with van der Waals surface area (Å²) in [4.78, 5) is 23.0. The highest BCUT2D eigenvalue weighted by molar-refractivity contribution is 6.24. The van der Waals surface area contributed by atoms with Crippen molar-refractivity contribution in [3.63, 3.8) is 0 Å². The number of rotatable bonds is 0. The minimum atomic E-state index is -0.157. The molecule has 8 nitrogen and oxygen atoms in total. The SMILES string of the molecule is [C-]#[N+]C([N+]#[C-])=C1c2cnccc2-c2c1c1c(c3c2/C(=C(/C#N)[N+]#[C-])c2ccccc2-3)/C(=C(\C#N)[N+]#[C-])c2cnccc2-1. The zero-order valence-electron chi connectivity index (χ0n) is 21.4. The van der Waals surface area contributed by atoms with Gasteiger partial charge in [0.2, 0.25) is 0 Å². The molecule has 7 rings (SSSR count). The van der Waals surface area contributed by atoms with Crippen LogP contribution >= 0.6 is 0 Å². The third-order valence-corrected chi connectivity index (χ3v) is 7.78. The van der Waals surface area contributed by atoms with Gasteiger partial charge >= 0.3 is 5.82 Å². The van der Waals surface area contributed by atoms with Crippen LogP contribution in [-0.4, -0.2) is 9.97 Å². The molecular formula is C34H10N8. The molecule has 2 aromatic heterocycles. The van der Waals surface area contributed by atoms with Crippen LogP contribution in [0.25, 0.3) is 69.5 Å². The molecular weight excluding hydrogens is 520 g/mol. The predicted molar refractivity (Wildman–Crippen MR) is 154 cm³/mol. The highest BCUT2D eigenvalue weighted by atomic mass is 14.9. The molecule has 2 aromatic carbocycles. The Morgan fingerprint density at radius 2 is 0.952 bits per heavy atom. The molecule has 0 amide bonds. The van der Waals surface area contributed by atoms with E-state index in [9.17, 15) is 10.5 Å². The summed E-state index contributed by atoms with van der Waals surface area (Å²) in [6.45, 7) is 31.5. The minimum Gasteiger partial charge on any atom is -0.264 e. The first kappa shape index (κ1) is 24.0. The van der Waals surface area contributed by atoms with E-state index in [1.165, 1.54) is 0 Å². The van der Waals surface area contributed by atoms with Gasteiger partial charge in [-0.3, -0.25) is 9.97 Å².